The van der Waals surface area contributed by atoms with Crippen LogP contribution in [0.5, 0.6) is 0 Å². The second-order valence-electron chi connectivity index (χ2n) is 4.08. The van der Waals surface area contributed by atoms with Gasteiger partial charge >= 0.3 is 0 Å². The van der Waals surface area contributed by atoms with E-state index in [9.17, 15) is 0 Å². The van der Waals surface area contributed by atoms with Gasteiger partial charge in [-0.3, -0.25) is 4.90 Å². The quantitative estimate of drug-likeness (QED) is 0.522. The van der Waals surface area contributed by atoms with E-state index in [4.69, 9.17) is 14.2 Å². The first kappa shape index (κ1) is 8.17. The Kier molecular flexibility index (Phi) is 2.01. The summed E-state index contributed by atoms with van der Waals surface area (Å²) in [6, 6.07) is 0. The van der Waals surface area contributed by atoms with Gasteiger partial charge in [-0.05, 0) is 0 Å². The average molecular weight is 185 g/mol. The van der Waals surface area contributed by atoms with E-state index in [2.05, 4.69) is 4.90 Å². The number of nitrogens with zero attached hydrogens (tertiary/aromatic N) is 1. The van der Waals surface area contributed by atoms with Gasteiger partial charge in [0.25, 0.3) is 0 Å². The fourth-order valence-electron chi connectivity index (χ4n) is 1.61. The minimum Gasteiger partial charge on any atom is -0.372 e. The number of epoxide rings is 3. The zero-order chi connectivity index (χ0) is 8.67. The molecule has 4 nitrogen and oxygen atoms in total. The molecular formula is C9H15NO3. The summed E-state index contributed by atoms with van der Waals surface area (Å²) in [7, 11) is 0. The molecule has 3 atom stereocenters. The Bertz CT molecular complexity index is 154. The van der Waals surface area contributed by atoms with Crippen LogP contribution in [0.1, 0.15) is 0 Å². The van der Waals surface area contributed by atoms with E-state index in [-0.39, 0.29) is 0 Å². The summed E-state index contributed by atoms with van der Waals surface area (Å²) in [5, 5.41) is 0. The predicted molar refractivity (Wildman–Crippen MR) is 45.7 cm³/mol. The van der Waals surface area contributed by atoms with Crippen LogP contribution < -0.4 is 0 Å². The fraction of sp³-hybridized carbons (Fsp3) is 1.00. The molecule has 0 spiro atoms. The van der Waals surface area contributed by atoms with Crippen LogP contribution in [-0.2, 0) is 14.2 Å². The normalized spacial score (nSPS) is 40.8. The molecule has 3 heterocycles. The van der Waals surface area contributed by atoms with Crippen LogP contribution in [0.2, 0.25) is 0 Å². The summed E-state index contributed by atoms with van der Waals surface area (Å²) in [6.07, 6.45) is 1.45. The van der Waals surface area contributed by atoms with E-state index in [0.717, 1.165) is 39.5 Å². The van der Waals surface area contributed by atoms with Gasteiger partial charge in [-0.25, -0.2) is 0 Å². The Hall–Kier alpha value is -0.160. The molecule has 74 valence electrons. The summed E-state index contributed by atoms with van der Waals surface area (Å²) in [4.78, 5) is 2.41. The van der Waals surface area contributed by atoms with Crippen molar-refractivity contribution in [1.29, 1.82) is 0 Å². The van der Waals surface area contributed by atoms with E-state index in [1.807, 2.05) is 0 Å². The largest absolute Gasteiger partial charge is 0.372 e. The molecule has 3 aliphatic rings. The van der Waals surface area contributed by atoms with Crippen molar-refractivity contribution >= 4 is 0 Å². The second kappa shape index (κ2) is 3.20. The van der Waals surface area contributed by atoms with E-state index in [1.165, 1.54) is 0 Å². The number of rotatable bonds is 6. The fourth-order valence-corrected chi connectivity index (χ4v) is 1.61. The van der Waals surface area contributed by atoms with Crippen molar-refractivity contribution < 1.29 is 14.2 Å². The third-order valence-electron chi connectivity index (χ3n) is 2.59. The van der Waals surface area contributed by atoms with E-state index in [1.54, 1.807) is 0 Å². The summed E-state index contributed by atoms with van der Waals surface area (Å²) in [5.41, 5.74) is 0. The van der Waals surface area contributed by atoms with Crippen LogP contribution >= 0.6 is 0 Å². The topological polar surface area (TPSA) is 40.8 Å². The van der Waals surface area contributed by atoms with Gasteiger partial charge in [0.05, 0.1) is 38.1 Å². The molecule has 0 N–H and O–H groups in total. The van der Waals surface area contributed by atoms with Gasteiger partial charge in [0.2, 0.25) is 0 Å². The Morgan fingerprint density at radius 1 is 0.769 bits per heavy atom. The Balaban J connectivity index is 1.45. The first-order chi connectivity index (χ1) is 6.40. The lowest BCUT2D eigenvalue weighted by Crippen LogP contribution is -2.34. The van der Waals surface area contributed by atoms with Crippen LogP contribution in [0.25, 0.3) is 0 Å². The molecule has 0 radical (unpaired) electrons. The molecule has 13 heavy (non-hydrogen) atoms. The molecule has 0 aliphatic carbocycles. The monoisotopic (exact) mass is 185 g/mol. The van der Waals surface area contributed by atoms with E-state index < -0.39 is 0 Å². The van der Waals surface area contributed by atoms with Crippen molar-refractivity contribution in [3.8, 4) is 0 Å². The molecule has 0 aromatic rings. The first-order valence-corrected chi connectivity index (χ1v) is 4.97. The molecule has 3 unspecified atom stereocenters. The summed E-state index contributed by atoms with van der Waals surface area (Å²) in [5.74, 6) is 0. The van der Waals surface area contributed by atoms with Crippen LogP contribution in [0, 0.1) is 0 Å². The lowest BCUT2D eigenvalue weighted by Gasteiger charge is -2.18. The molecule has 0 aromatic carbocycles. The molecule has 0 amide bonds. The van der Waals surface area contributed by atoms with E-state index in [0.29, 0.717) is 18.3 Å². The van der Waals surface area contributed by atoms with Crippen molar-refractivity contribution in [2.24, 2.45) is 0 Å². The minimum atomic E-state index is 0.484. The van der Waals surface area contributed by atoms with Gasteiger partial charge in [-0.2, -0.15) is 0 Å². The SMILES string of the molecule is C1OC1CN(CC1CO1)CC1CO1. The highest BCUT2D eigenvalue weighted by molar-refractivity contribution is 4.83. The van der Waals surface area contributed by atoms with Gasteiger partial charge in [-0.1, -0.05) is 0 Å². The molecular weight excluding hydrogens is 170 g/mol. The standard InChI is InChI=1S/C9H15NO3/c1(7-4-11-7)10(2-8-5-12-8)3-9-6-13-9/h7-9H,1-6H2. The number of hydrogen-bond acceptors (Lipinski definition) is 4. The third-order valence-corrected chi connectivity index (χ3v) is 2.59. The Morgan fingerprint density at radius 3 is 1.31 bits per heavy atom. The number of ether oxygens (including phenoxy) is 3. The lowest BCUT2D eigenvalue weighted by atomic mass is 10.3. The molecule has 3 fully saturated rings. The van der Waals surface area contributed by atoms with Crippen LogP contribution in [0.15, 0.2) is 0 Å². The van der Waals surface area contributed by atoms with Gasteiger partial charge in [0, 0.05) is 19.6 Å². The summed E-state index contributed by atoms with van der Waals surface area (Å²) >= 11 is 0. The van der Waals surface area contributed by atoms with Crippen LogP contribution in [0.4, 0.5) is 0 Å². The zero-order valence-electron chi connectivity index (χ0n) is 7.65. The Morgan fingerprint density at radius 2 is 1.08 bits per heavy atom. The summed E-state index contributed by atoms with van der Waals surface area (Å²) in [6.45, 7) is 5.98. The highest BCUT2D eigenvalue weighted by atomic mass is 16.6. The van der Waals surface area contributed by atoms with E-state index >= 15 is 0 Å². The number of hydrogen-bond donors (Lipinski definition) is 0. The highest BCUT2D eigenvalue weighted by Crippen LogP contribution is 2.18. The first-order valence-electron chi connectivity index (χ1n) is 4.97. The molecule has 4 heteroatoms. The maximum Gasteiger partial charge on any atom is 0.0936 e. The van der Waals surface area contributed by atoms with Gasteiger partial charge in [0.15, 0.2) is 0 Å². The lowest BCUT2D eigenvalue weighted by molar-refractivity contribution is 0.202. The molecule has 0 aromatic heterocycles. The van der Waals surface area contributed by atoms with Crippen molar-refractivity contribution in [3.63, 3.8) is 0 Å². The molecule has 3 rings (SSSR count). The van der Waals surface area contributed by atoms with Crippen molar-refractivity contribution in [2.45, 2.75) is 18.3 Å². The third kappa shape index (κ3) is 2.64. The molecule has 0 bridgehead atoms. The minimum absolute atomic E-state index is 0.484. The molecule has 0 saturated carbocycles. The summed E-state index contributed by atoms with van der Waals surface area (Å²) < 4.78 is 15.7. The smallest absolute Gasteiger partial charge is 0.0936 e. The zero-order valence-corrected chi connectivity index (χ0v) is 7.65. The molecule has 3 saturated heterocycles. The van der Waals surface area contributed by atoms with Crippen molar-refractivity contribution in [2.75, 3.05) is 39.5 Å². The highest BCUT2D eigenvalue weighted by Gasteiger charge is 2.34. The van der Waals surface area contributed by atoms with Gasteiger partial charge in [0.1, 0.15) is 0 Å². The van der Waals surface area contributed by atoms with Crippen molar-refractivity contribution in [3.05, 3.63) is 0 Å². The van der Waals surface area contributed by atoms with Crippen LogP contribution in [-0.4, -0.2) is 62.7 Å². The van der Waals surface area contributed by atoms with Crippen molar-refractivity contribution in [1.82, 2.24) is 4.90 Å². The molecule has 3 aliphatic heterocycles. The van der Waals surface area contributed by atoms with Gasteiger partial charge in [-0.15, -0.1) is 0 Å². The maximum atomic E-state index is 5.22. The second-order valence-corrected chi connectivity index (χ2v) is 4.08. The average Bonchev–Trinajstić information content (AvgIpc) is 2.94. The van der Waals surface area contributed by atoms with Crippen LogP contribution in [0.3, 0.4) is 0 Å². The maximum absolute atomic E-state index is 5.22. The van der Waals surface area contributed by atoms with Gasteiger partial charge < -0.3 is 14.2 Å². The Labute approximate surface area is 77.7 Å². The predicted octanol–water partition coefficient (Wildman–Crippen LogP) is -0.515.